The van der Waals surface area contributed by atoms with Gasteiger partial charge in [0.1, 0.15) is 0 Å². The fourth-order valence-electron chi connectivity index (χ4n) is 2.23. The van der Waals surface area contributed by atoms with Crippen molar-refractivity contribution >= 4 is 11.3 Å². The lowest BCUT2D eigenvalue weighted by atomic mass is 9.98. The zero-order valence-corrected chi connectivity index (χ0v) is 12.8. The number of nitrogens with zero attached hydrogens (tertiary/aromatic N) is 1. The van der Waals surface area contributed by atoms with Crippen molar-refractivity contribution in [2.24, 2.45) is 0 Å². The number of aromatic nitrogens is 1. The van der Waals surface area contributed by atoms with E-state index in [2.05, 4.69) is 49.3 Å². The maximum Gasteiger partial charge on any atom is 0.0794 e. The molecule has 1 unspecified atom stereocenters. The summed E-state index contributed by atoms with van der Waals surface area (Å²) in [6.45, 7) is 7.60. The topological polar surface area (TPSA) is 24.9 Å². The van der Waals surface area contributed by atoms with Gasteiger partial charge >= 0.3 is 0 Å². The first-order chi connectivity index (χ1) is 9.20. The van der Waals surface area contributed by atoms with Crippen LogP contribution in [0.2, 0.25) is 0 Å². The molecule has 1 N–H and O–H groups in total. The third-order valence-electron chi connectivity index (χ3n) is 3.36. The Morgan fingerprint density at radius 3 is 2.84 bits per heavy atom. The Hall–Kier alpha value is -1.19. The van der Waals surface area contributed by atoms with Crippen LogP contribution in [0.1, 0.15) is 41.0 Å². The Labute approximate surface area is 119 Å². The smallest absolute Gasteiger partial charge is 0.0794 e. The fraction of sp³-hybridized carbons (Fsp3) is 0.438. The van der Waals surface area contributed by atoms with E-state index in [9.17, 15) is 0 Å². The molecule has 1 heterocycles. The second kappa shape index (κ2) is 6.83. The van der Waals surface area contributed by atoms with Gasteiger partial charge in [-0.25, -0.2) is 0 Å². The first-order valence-corrected chi connectivity index (χ1v) is 7.76. The third-order valence-corrected chi connectivity index (χ3v) is 4.25. The van der Waals surface area contributed by atoms with Gasteiger partial charge in [0.25, 0.3) is 0 Å². The van der Waals surface area contributed by atoms with Gasteiger partial charge in [-0.2, -0.15) is 0 Å². The predicted octanol–water partition coefficient (Wildman–Crippen LogP) is 4.04. The van der Waals surface area contributed by atoms with Crippen molar-refractivity contribution in [3.63, 3.8) is 0 Å². The predicted molar refractivity (Wildman–Crippen MR) is 82.8 cm³/mol. The van der Waals surface area contributed by atoms with Crippen LogP contribution in [0.15, 0.2) is 29.9 Å². The maximum atomic E-state index is 4.21. The summed E-state index contributed by atoms with van der Waals surface area (Å²) in [6.07, 6.45) is 4.18. The number of nitrogens with one attached hydrogen (secondary N) is 1. The molecule has 0 amide bonds. The average Bonchev–Trinajstić information content (AvgIpc) is 2.92. The van der Waals surface area contributed by atoms with Gasteiger partial charge in [0.15, 0.2) is 0 Å². The van der Waals surface area contributed by atoms with E-state index in [-0.39, 0.29) is 0 Å². The lowest BCUT2D eigenvalue weighted by Crippen LogP contribution is -2.23. The molecule has 3 heteroatoms. The summed E-state index contributed by atoms with van der Waals surface area (Å²) in [6, 6.07) is 7.08. The summed E-state index contributed by atoms with van der Waals surface area (Å²) in [5.41, 5.74) is 6.05. The van der Waals surface area contributed by atoms with Crippen LogP contribution in [0.4, 0.5) is 0 Å². The largest absolute Gasteiger partial charge is 0.309 e. The van der Waals surface area contributed by atoms with Crippen molar-refractivity contribution in [1.82, 2.24) is 10.3 Å². The lowest BCUT2D eigenvalue weighted by molar-refractivity contribution is 0.535. The van der Waals surface area contributed by atoms with Crippen LogP contribution in [0.3, 0.4) is 0 Å². The van der Waals surface area contributed by atoms with Crippen molar-refractivity contribution in [3.05, 3.63) is 51.5 Å². The summed E-state index contributed by atoms with van der Waals surface area (Å²) in [4.78, 5) is 5.54. The highest BCUT2D eigenvalue weighted by Gasteiger charge is 2.14. The van der Waals surface area contributed by atoms with Gasteiger partial charge in [0.2, 0.25) is 0 Å². The van der Waals surface area contributed by atoms with Gasteiger partial charge < -0.3 is 5.32 Å². The van der Waals surface area contributed by atoms with E-state index in [1.807, 2.05) is 11.7 Å². The normalized spacial score (nSPS) is 12.6. The first kappa shape index (κ1) is 14.2. The molecule has 0 bridgehead atoms. The van der Waals surface area contributed by atoms with Crippen molar-refractivity contribution < 1.29 is 0 Å². The van der Waals surface area contributed by atoms with Gasteiger partial charge in [0, 0.05) is 17.1 Å². The Morgan fingerprint density at radius 2 is 2.16 bits per heavy atom. The molecule has 0 aliphatic carbocycles. The minimum atomic E-state index is 0.382. The van der Waals surface area contributed by atoms with Crippen molar-refractivity contribution in [2.45, 2.75) is 39.7 Å². The standard InChI is InChI=1S/C16H22N2S/c1-4-7-18-15(16-10-17-11-19-16)9-14-8-12(2)5-6-13(14)3/h5-6,8,10-11,15,18H,4,7,9H2,1-3H3. The average molecular weight is 274 g/mol. The molecule has 2 nitrogen and oxygen atoms in total. The molecule has 102 valence electrons. The van der Waals surface area contributed by atoms with Crippen LogP contribution in [-0.4, -0.2) is 11.5 Å². The van der Waals surface area contributed by atoms with Crippen molar-refractivity contribution in [2.75, 3.05) is 6.54 Å². The van der Waals surface area contributed by atoms with E-state index < -0.39 is 0 Å². The highest BCUT2D eigenvalue weighted by Crippen LogP contribution is 2.24. The molecule has 19 heavy (non-hydrogen) atoms. The van der Waals surface area contributed by atoms with E-state index in [0.29, 0.717) is 6.04 Å². The molecule has 2 rings (SSSR count). The van der Waals surface area contributed by atoms with E-state index in [4.69, 9.17) is 0 Å². The summed E-state index contributed by atoms with van der Waals surface area (Å²) < 4.78 is 0. The molecule has 2 aromatic rings. The number of aryl methyl sites for hydroxylation is 2. The van der Waals surface area contributed by atoms with Crippen LogP contribution >= 0.6 is 11.3 Å². The highest BCUT2D eigenvalue weighted by molar-refractivity contribution is 7.09. The molecule has 0 saturated carbocycles. The van der Waals surface area contributed by atoms with Crippen LogP contribution in [0, 0.1) is 13.8 Å². The van der Waals surface area contributed by atoms with Crippen LogP contribution in [-0.2, 0) is 6.42 Å². The quantitative estimate of drug-likeness (QED) is 0.860. The molecule has 1 atom stereocenters. The van der Waals surface area contributed by atoms with Crippen molar-refractivity contribution in [3.8, 4) is 0 Å². The second-order valence-electron chi connectivity index (χ2n) is 5.04. The van der Waals surface area contributed by atoms with Gasteiger partial charge in [0.05, 0.1) is 5.51 Å². The Morgan fingerprint density at radius 1 is 1.32 bits per heavy atom. The number of rotatable bonds is 6. The number of hydrogen-bond donors (Lipinski definition) is 1. The minimum Gasteiger partial charge on any atom is -0.309 e. The lowest BCUT2D eigenvalue weighted by Gasteiger charge is -2.18. The molecule has 1 aromatic heterocycles. The Balaban J connectivity index is 2.17. The van der Waals surface area contributed by atoms with E-state index in [1.54, 1.807) is 11.3 Å². The molecule has 0 aliphatic rings. The summed E-state index contributed by atoms with van der Waals surface area (Å²) in [5, 5.41) is 3.64. The summed E-state index contributed by atoms with van der Waals surface area (Å²) >= 11 is 1.74. The molecule has 0 spiro atoms. The number of benzene rings is 1. The monoisotopic (exact) mass is 274 g/mol. The van der Waals surface area contributed by atoms with E-state index in [1.165, 1.54) is 21.6 Å². The van der Waals surface area contributed by atoms with Gasteiger partial charge in [-0.15, -0.1) is 11.3 Å². The second-order valence-corrected chi connectivity index (χ2v) is 5.96. The van der Waals surface area contributed by atoms with E-state index in [0.717, 1.165) is 19.4 Å². The number of thiazole rings is 1. The molecular weight excluding hydrogens is 252 g/mol. The van der Waals surface area contributed by atoms with Crippen LogP contribution in [0.25, 0.3) is 0 Å². The van der Waals surface area contributed by atoms with Crippen molar-refractivity contribution in [1.29, 1.82) is 0 Å². The van der Waals surface area contributed by atoms with Gasteiger partial charge in [-0.1, -0.05) is 30.7 Å². The molecule has 0 fully saturated rings. The Kier molecular flexibility index (Phi) is 5.11. The summed E-state index contributed by atoms with van der Waals surface area (Å²) in [5.74, 6) is 0. The fourth-order valence-corrected chi connectivity index (χ4v) is 2.93. The third kappa shape index (κ3) is 3.88. The zero-order chi connectivity index (χ0) is 13.7. The molecule has 0 aliphatic heterocycles. The zero-order valence-electron chi connectivity index (χ0n) is 11.9. The summed E-state index contributed by atoms with van der Waals surface area (Å²) in [7, 11) is 0. The first-order valence-electron chi connectivity index (χ1n) is 6.88. The SMILES string of the molecule is CCCNC(Cc1cc(C)ccc1C)c1cncs1. The van der Waals surface area contributed by atoms with Crippen LogP contribution < -0.4 is 5.32 Å². The minimum absolute atomic E-state index is 0.382. The number of hydrogen-bond acceptors (Lipinski definition) is 3. The molecular formula is C16H22N2S. The van der Waals surface area contributed by atoms with Gasteiger partial charge in [-0.05, 0) is 44.4 Å². The van der Waals surface area contributed by atoms with Gasteiger partial charge in [-0.3, -0.25) is 4.98 Å². The Bertz CT molecular complexity index is 505. The molecule has 0 saturated heterocycles. The highest BCUT2D eigenvalue weighted by atomic mass is 32.1. The molecule has 0 radical (unpaired) electrons. The van der Waals surface area contributed by atoms with Crippen LogP contribution in [0.5, 0.6) is 0 Å². The van der Waals surface area contributed by atoms with E-state index >= 15 is 0 Å². The molecule has 1 aromatic carbocycles. The maximum absolute atomic E-state index is 4.21.